The predicted octanol–water partition coefficient (Wildman–Crippen LogP) is 3.89. The summed E-state index contributed by atoms with van der Waals surface area (Å²) in [5.74, 6) is 0.495. The molecule has 7 nitrogen and oxygen atoms in total. The van der Waals surface area contributed by atoms with Gasteiger partial charge in [0.2, 0.25) is 5.91 Å². The normalized spacial score (nSPS) is 11.1. The van der Waals surface area contributed by atoms with Crippen LogP contribution >= 0.6 is 23.4 Å². The van der Waals surface area contributed by atoms with Crippen LogP contribution in [0.5, 0.6) is 0 Å². The van der Waals surface area contributed by atoms with Gasteiger partial charge in [0.25, 0.3) is 0 Å². The second kappa shape index (κ2) is 10.0. The SMILES string of the molecule is CCN(Cc1ccccc1)C(=O)Cn1nc2c(SCc3ccc(Cl)cc3)nccn2c1=O. The predicted molar refractivity (Wildman–Crippen MR) is 126 cm³/mol. The molecular formula is C23H22ClN5O2S. The fourth-order valence-electron chi connectivity index (χ4n) is 3.27. The first-order valence-electron chi connectivity index (χ1n) is 10.2. The molecule has 4 rings (SSSR count). The van der Waals surface area contributed by atoms with Crippen molar-refractivity contribution in [2.24, 2.45) is 0 Å². The lowest BCUT2D eigenvalue weighted by molar-refractivity contribution is -0.132. The van der Waals surface area contributed by atoms with Crippen LogP contribution in [0.4, 0.5) is 0 Å². The van der Waals surface area contributed by atoms with E-state index in [1.807, 2.05) is 61.5 Å². The number of carbonyl (C=O) groups excluding carboxylic acids is 1. The van der Waals surface area contributed by atoms with E-state index in [9.17, 15) is 9.59 Å². The van der Waals surface area contributed by atoms with Crippen LogP contribution in [0.15, 0.2) is 76.8 Å². The van der Waals surface area contributed by atoms with Gasteiger partial charge in [-0.2, -0.15) is 0 Å². The van der Waals surface area contributed by atoms with Gasteiger partial charge in [-0.15, -0.1) is 5.10 Å². The summed E-state index contributed by atoms with van der Waals surface area (Å²) in [6, 6.07) is 17.3. The largest absolute Gasteiger partial charge is 0.350 e. The molecule has 0 bridgehead atoms. The highest BCUT2D eigenvalue weighted by atomic mass is 35.5. The third kappa shape index (κ3) is 5.03. The van der Waals surface area contributed by atoms with Gasteiger partial charge in [0, 0.05) is 36.3 Å². The third-order valence-electron chi connectivity index (χ3n) is 4.99. The molecule has 32 heavy (non-hydrogen) atoms. The number of nitrogens with zero attached hydrogens (tertiary/aromatic N) is 5. The first kappa shape index (κ1) is 22.1. The van der Waals surface area contributed by atoms with Gasteiger partial charge in [-0.25, -0.2) is 18.9 Å². The highest BCUT2D eigenvalue weighted by Crippen LogP contribution is 2.24. The van der Waals surface area contributed by atoms with Gasteiger partial charge in [-0.05, 0) is 30.2 Å². The van der Waals surface area contributed by atoms with Crippen LogP contribution in [0, 0.1) is 0 Å². The Morgan fingerprint density at radius 1 is 1.09 bits per heavy atom. The number of hydrogen-bond acceptors (Lipinski definition) is 5. The number of benzene rings is 2. The molecule has 0 aliphatic rings. The first-order chi connectivity index (χ1) is 15.5. The van der Waals surface area contributed by atoms with Crippen molar-refractivity contribution in [1.29, 1.82) is 0 Å². The Morgan fingerprint density at radius 3 is 2.56 bits per heavy atom. The van der Waals surface area contributed by atoms with Crippen molar-refractivity contribution >= 4 is 34.9 Å². The quantitative estimate of drug-likeness (QED) is 0.368. The van der Waals surface area contributed by atoms with Crippen molar-refractivity contribution in [3.8, 4) is 0 Å². The number of aromatic nitrogens is 4. The van der Waals surface area contributed by atoms with E-state index >= 15 is 0 Å². The molecule has 164 valence electrons. The average molecular weight is 468 g/mol. The summed E-state index contributed by atoms with van der Waals surface area (Å²) in [5.41, 5.74) is 2.20. The molecule has 0 spiro atoms. The molecule has 9 heteroatoms. The summed E-state index contributed by atoms with van der Waals surface area (Å²) in [6.45, 7) is 2.83. The van der Waals surface area contributed by atoms with Crippen molar-refractivity contribution in [3.63, 3.8) is 0 Å². The van der Waals surface area contributed by atoms with Crippen LogP contribution in [0.2, 0.25) is 5.02 Å². The molecule has 0 N–H and O–H groups in total. The molecule has 0 saturated heterocycles. The van der Waals surface area contributed by atoms with E-state index in [4.69, 9.17) is 11.6 Å². The molecule has 0 atom stereocenters. The minimum absolute atomic E-state index is 0.123. The highest BCUT2D eigenvalue weighted by molar-refractivity contribution is 7.98. The van der Waals surface area contributed by atoms with E-state index in [1.54, 1.807) is 17.3 Å². The van der Waals surface area contributed by atoms with E-state index in [-0.39, 0.29) is 18.1 Å². The molecule has 2 heterocycles. The maximum absolute atomic E-state index is 12.9. The summed E-state index contributed by atoms with van der Waals surface area (Å²) >= 11 is 7.42. The molecule has 2 aromatic heterocycles. The topological polar surface area (TPSA) is 72.5 Å². The van der Waals surface area contributed by atoms with Gasteiger partial charge in [0.05, 0.1) is 0 Å². The fraction of sp³-hybridized carbons (Fsp3) is 0.217. The minimum atomic E-state index is -0.361. The summed E-state index contributed by atoms with van der Waals surface area (Å²) in [5, 5.41) is 5.73. The lowest BCUT2D eigenvalue weighted by atomic mass is 10.2. The van der Waals surface area contributed by atoms with Crippen molar-refractivity contribution in [3.05, 3.63) is 93.6 Å². The van der Waals surface area contributed by atoms with Crippen molar-refractivity contribution in [2.75, 3.05) is 6.54 Å². The van der Waals surface area contributed by atoms with Crippen molar-refractivity contribution in [2.45, 2.75) is 30.8 Å². The van der Waals surface area contributed by atoms with Gasteiger partial charge in [-0.1, -0.05) is 65.8 Å². The van der Waals surface area contributed by atoms with Crippen LogP contribution in [0.3, 0.4) is 0 Å². The number of amides is 1. The van der Waals surface area contributed by atoms with Gasteiger partial charge in [-0.3, -0.25) is 4.79 Å². The lowest BCUT2D eigenvalue weighted by Gasteiger charge is -2.20. The van der Waals surface area contributed by atoms with Crippen LogP contribution in [-0.4, -0.2) is 36.5 Å². The molecule has 0 unspecified atom stereocenters. The molecular weight excluding hydrogens is 446 g/mol. The van der Waals surface area contributed by atoms with Gasteiger partial charge in [0.15, 0.2) is 5.65 Å². The Labute approximate surface area is 194 Å². The summed E-state index contributed by atoms with van der Waals surface area (Å²) in [6.07, 6.45) is 3.14. The van der Waals surface area contributed by atoms with Gasteiger partial charge in [0.1, 0.15) is 11.6 Å². The van der Waals surface area contributed by atoms with Crippen LogP contribution in [0.25, 0.3) is 5.65 Å². The number of hydrogen-bond donors (Lipinski definition) is 0. The monoisotopic (exact) mass is 467 g/mol. The maximum Gasteiger partial charge on any atom is 0.350 e. The molecule has 0 saturated carbocycles. The number of fused-ring (bicyclic) bond motifs is 1. The number of thioether (sulfide) groups is 1. The number of likely N-dealkylation sites (N-methyl/N-ethyl adjacent to an activating group) is 1. The molecule has 0 aliphatic heterocycles. The Bertz CT molecular complexity index is 1270. The first-order valence-corrected chi connectivity index (χ1v) is 11.5. The highest BCUT2D eigenvalue weighted by Gasteiger charge is 2.18. The molecule has 2 aromatic carbocycles. The number of rotatable bonds is 8. The van der Waals surface area contributed by atoms with E-state index < -0.39 is 0 Å². The Morgan fingerprint density at radius 2 is 1.84 bits per heavy atom. The Hall–Kier alpha value is -3.10. The van der Waals surface area contributed by atoms with Crippen LogP contribution in [0.1, 0.15) is 18.1 Å². The zero-order chi connectivity index (χ0) is 22.5. The van der Waals surface area contributed by atoms with Crippen molar-refractivity contribution in [1.82, 2.24) is 24.1 Å². The van der Waals surface area contributed by atoms with E-state index in [0.29, 0.717) is 34.5 Å². The average Bonchev–Trinajstić information content (AvgIpc) is 3.13. The van der Waals surface area contributed by atoms with Gasteiger partial charge >= 0.3 is 5.69 Å². The van der Waals surface area contributed by atoms with Crippen LogP contribution in [-0.2, 0) is 23.6 Å². The Kier molecular flexibility index (Phi) is 6.92. The third-order valence-corrected chi connectivity index (χ3v) is 6.28. The smallest absolute Gasteiger partial charge is 0.337 e. The zero-order valence-electron chi connectivity index (χ0n) is 17.5. The zero-order valence-corrected chi connectivity index (χ0v) is 19.1. The molecule has 0 fully saturated rings. The lowest BCUT2D eigenvalue weighted by Crippen LogP contribution is -2.36. The molecule has 0 aliphatic carbocycles. The minimum Gasteiger partial charge on any atom is -0.337 e. The Balaban J connectivity index is 1.52. The van der Waals surface area contributed by atoms with E-state index in [1.165, 1.54) is 20.8 Å². The second-order valence-electron chi connectivity index (χ2n) is 7.17. The summed E-state index contributed by atoms with van der Waals surface area (Å²) in [7, 11) is 0. The summed E-state index contributed by atoms with van der Waals surface area (Å²) < 4.78 is 2.64. The maximum atomic E-state index is 12.9. The number of halogens is 1. The van der Waals surface area contributed by atoms with E-state index in [2.05, 4.69) is 10.1 Å². The molecule has 4 aromatic rings. The number of carbonyl (C=O) groups is 1. The molecule has 1 amide bonds. The summed E-state index contributed by atoms with van der Waals surface area (Å²) in [4.78, 5) is 31.8. The van der Waals surface area contributed by atoms with E-state index in [0.717, 1.165) is 11.1 Å². The van der Waals surface area contributed by atoms with Crippen LogP contribution < -0.4 is 5.69 Å². The fourth-order valence-corrected chi connectivity index (χ4v) is 4.30. The van der Waals surface area contributed by atoms with Crippen molar-refractivity contribution < 1.29 is 4.79 Å². The molecule has 0 radical (unpaired) electrons. The van der Waals surface area contributed by atoms with Gasteiger partial charge < -0.3 is 4.90 Å². The second-order valence-corrected chi connectivity index (χ2v) is 8.58. The standard InChI is InChI=1S/C23H22ClN5O2S/c1-2-27(14-17-6-4-3-5-7-17)20(30)15-29-23(31)28-13-12-25-22(21(28)26-29)32-16-18-8-10-19(24)11-9-18/h3-13H,2,14-16H2,1H3.